The van der Waals surface area contributed by atoms with Gasteiger partial charge in [-0.05, 0) is 11.9 Å². The summed E-state index contributed by atoms with van der Waals surface area (Å²) in [4.78, 5) is 11.7. The number of carbonyl (C=O) groups is 1. The molecule has 1 aromatic heterocycles. The molecule has 0 N–H and O–H groups in total. The van der Waals surface area contributed by atoms with Crippen molar-refractivity contribution in [3.05, 3.63) is 42.2 Å². The molecule has 0 saturated heterocycles. The van der Waals surface area contributed by atoms with Crippen molar-refractivity contribution in [3.8, 4) is 11.1 Å². The van der Waals surface area contributed by atoms with Gasteiger partial charge in [0.2, 0.25) is 0 Å². The maximum Gasteiger partial charge on any atom is 0.154 e. The minimum atomic E-state index is -0.0561. The van der Waals surface area contributed by atoms with Crippen LogP contribution < -0.4 is 0 Å². The van der Waals surface area contributed by atoms with Crippen molar-refractivity contribution in [1.29, 1.82) is 0 Å². The van der Waals surface area contributed by atoms with E-state index in [-0.39, 0.29) is 12.1 Å². The topological polar surface area (TPSA) is 34.9 Å². The van der Waals surface area contributed by atoms with E-state index in [9.17, 15) is 4.79 Å². The Morgan fingerprint density at radius 3 is 2.81 bits per heavy atom. The number of ketones is 1. The molecule has 0 amide bonds. The molecule has 0 bridgehead atoms. The second kappa shape index (κ2) is 4.35. The number of hydrogen-bond donors (Lipinski definition) is 0. The summed E-state index contributed by atoms with van der Waals surface area (Å²) >= 11 is 0. The first-order chi connectivity index (χ1) is 7.72. The molecule has 0 aliphatic heterocycles. The van der Waals surface area contributed by atoms with E-state index in [2.05, 4.69) is 5.10 Å². The largest absolute Gasteiger partial charge is 0.295 e. The molecule has 78 valence electrons. The molecule has 4 heteroatoms. The molecule has 2 radical (unpaired) electrons. The Morgan fingerprint density at radius 1 is 1.44 bits per heavy atom. The third-order valence-electron chi connectivity index (χ3n) is 2.43. The van der Waals surface area contributed by atoms with Gasteiger partial charge in [0.1, 0.15) is 0 Å². The molecule has 1 heterocycles. The Balaban J connectivity index is 2.52. The molecule has 0 aliphatic rings. The summed E-state index contributed by atoms with van der Waals surface area (Å²) in [6.07, 6.45) is 3.64. The van der Waals surface area contributed by atoms with E-state index in [1.54, 1.807) is 16.9 Å². The van der Waals surface area contributed by atoms with Crippen LogP contribution in [0, 0.1) is 0 Å². The molecule has 0 unspecified atom stereocenters. The third-order valence-corrected chi connectivity index (χ3v) is 2.43. The summed E-state index contributed by atoms with van der Waals surface area (Å²) in [5.41, 5.74) is 2.46. The van der Waals surface area contributed by atoms with Crippen molar-refractivity contribution in [3.63, 3.8) is 0 Å². The van der Waals surface area contributed by atoms with Crippen LogP contribution in [0.2, 0.25) is 6.32 Å². The van der Waals surface area contributed by atoms with Gasteiger partial charge in [-0.1, -0.05) is 24.3 Å². The van der Waals surface area contributed by atoms with Gasteiger partial charge in [0.25, 0.3) is 0 Å². The zero-order chi connectivity index (χ0) is 11.5. The minimum Gasteiger partial charge on any atom is -0.295 e. The van der Waals surface area contributed by atoms with E-state index < -0.39 is 0 Å². The van der Waals surface area contributed by atoms with E-state index in [4.69, 9.17) is 7.85 Å². The van der Waals surface area contributed by atoms with E-state index in [1.165, 1.54) is 0 Å². The monoisotopic (exact) mass is 210 g/mol. The smallest absolute Gasteiger partial charge is 0.154 e. The normalized spacial score (nSPS) is 10.3. The van der Waals surface area contributed by atoms with Crippen LogP contribution in [0.4, 0.5) is 0 Å². The number of benzene rings is 1. The van der Waals surface area contributed by atoms with Crippen molar-refractivity contribution in [2.45, 2.75) is 6.32 Å². The first-order valence-electron chi connectivity index (χ1n) is 5.03. The van der Waals surface area contributed by atoms with Gasteiger partial charge in [-0.2, -0.15) is 5.10 Å². The second-order valence-corrected chi connectivity index (χ2v) is 3.58. The highest BCUT2D eigenvalue weighted by molar-refractivity contribution is 6.25. The molecule has 1 aromatic carbocycles. The summed E-state index contributed by atoms with van der Waals surface area (Å²) in [7, 11) is 7.23. The number of Topliss-reactive ketones (excluding diaryl/α,β-unsaturated/α-hetero) is 1. The number of carbonyl (C=O) groups excluding carboxylic acids is 1. The average Bonchev–Trinajstić information content (AvgIpc) is 2.75. The van der Waals surface area contributed by atoms with Crippen LogP contribution in [0.25, 0.3) is 11.1 Å². The van der Waals surface area contributed by atoms with Crippen LogP contribution in [0.5, 0.6) is 0 Å². The van der Waals surface area contributed by atoms with Crippen molar-refractivity contribution in [2.75, 3.05) is 0 Å². The van der Waals surface area contributed by atoms with E-state index in [0.717, 1.165) is 11.1 Å². The Morgan fingerprint density at radius 2 is 2.19 bits per heavy atom. The fourth-order valence-corrected chi connectivity index (χ4v) is 1.65. The summed E-state index contributed by atoms with van der Waals surface area (Å²) in [5, 5.41) is 4.09. The van der Waals surface area contributed by atoms with Gasteiger partial charge in [0.15, 0.2) is 5.78 Å². The number of hydrogen-bond acceptors (Lipinski definition) is 2. The highest BCUT2D eigenvalue weighted by Gasteiger charge is 2.11. The van der Waals surface area contributed by atoms with Gasteiger partial charge < -0.3 is 0 Å². The van der Waals surface area contributed by atoms with Gasteiger partial charge in [-0.25, -0.2) is 0 Å². The highest BCUT2D eigenvalue weighted by Crippen LogP contribution is 2.23. The van der Waals surface area contributed by atoms with E-state index in [0.29, 0.717) is 5.56 Å². The lowest BCUT2D eigenvalue weighted by Gasteiger charge is -2.05. The number of rotatable bonds is 3. The minimum absolute atomic E-state index is 0.0251. The van der Waals surface area contributed by atoms with Crippen molar-refractivity contribution in [2.24, 2.45) is 7.05 Å². The SMILES string of the molecule is [B]CC(=O)c1ccccc1-c1cnn(C)c1. The zero-order valence-corrected chi connectivity index (χ0v) is 9.05. The van der Waals surface area contributed by atoms with Gasteiger partial charge in [0.05, 0.1) is 14.0 Å². The molecule has 2 aromatic rings. The van der Waals surface area contributed by atoms with Gasteiger partial charge in [-0.3, -0.25) is 9.48 Å². The molecule has 0 spiro atoms. The maximum atomic E-state index is 11.7. The molecule has 3 nitrogen and oxygen atoms in total. The Hall–Kier alpha value is -1.84. The second-order valence-electron chi connectivity index (χ2n) is 3.58. The van der Waals surface area contributed by atoms with Crippen molar-refractivity contribution in [1.82, 2.24) is 9.78 Å². The van der Waals surface area contributed by atoms with Gasteiger partial charge >= 0.3 is 0 Å². The number of nitrogens with zero attached hydrogens (tertiary/aromatic N) is 2. The van der Waals surface area contributed by atoms with Gasteiger partial charge in [0, 0.05) is 24.4 Å². The summed E-state index contributed by atoms with van der Waals surface area (Å²) in [6, 6.07) is 7.43. The Labute approximate surface area is 95.5 Å². The van der Waals surface area contributed by atoms with Crippen molar-refractivity contribution < 1.29 is 4.79 Å². The van der Waals surface area contributed by atoms with Crippen LogP contribution in [0.3, 0.4) is 0 Å². The molecular formula is C12H11BN2O. The summed E-state index contributed by atoms with van der Waals surface area (Å²) < 4.78 is 1.71. The first kappa shape index (κ1) is 10.7. The average molecular weight is 210 g/mol. The maximum absolute atomic E-state index is 11.7. The van der Waals surface area contributed by atoms with Crippen LogP contribution in [-0.2, 0) is 7.05 Å². The highest BCUT2D eigenvalue weighted by atomic mass is 16.1. The molecule has 16 heavy (non-hydrogen) atoms. The Kier molecular flexibility index (Phi) is 2.90. The van der Waals surface area contributed by atoms with Crippen LogP contribution in [0.1, 0.15) is 10.4 Å². The molecule has 0 aliphatic carbocycles. The quantitative estimate of drug-likeness (QED) is 0.572. The zero-order valence-electron chi connectivity index (χ0n) is 9.05. The molecular weight excluding hydrogens is 199 g/mol. The molecule has 0 fully saturated rings. The Bertz CT molecular complexity index is 519. The van der Waals surface area contributed by atoms with Gasteiger partial charge in [-0.15, -0.1) is 0 Å². The summed E-state index contributed by atoms with van der Waals surface area (Å²) in [5.74, 6) is -0.0561. The third kappa shape index (κ3) is 1.91. The number of aryl methyl sites for hydroxylation is 1. The molecule has 2 rings (SSSR count). The lowest BCUT2D eigenvalue weighted by Crippen LogP contribution is -1.99. The molecule has 0 saturated carbocycles. The number of aromatic nitrogens is 2. The standard InChI is InChI=1S/C12H11BN2O/c1-15-8-9(7-14-15)10-4-2-3-5-11(10)12(16)6-13/h2-5,7-8H,6H2,1H3. The molecule has 0 atom stereocenters. The van der Waals surface area contributed by atoms with Crippen LogP contribution in [-0.4, -0.2) is 23.4 Å². The van der Waals surface area contributed by atoms with Crippen LogP contribution in [0.15, 0.2) is 36.7 Å². The lowest BCUT2D eigenvalue weighted by atomic mass is 9.91. The predicted octanol–water partition coefficient (Wildman–Crippen LogP) is 1.86. The summed E-state index contributed by atoms with van der Waals surface area (Å²) in [6.45, 7) is 0. The first-order valence-corrected chi connectivity index (χ1v) is 5.03. The lowest BCUT2D eigenvalue weighted by molar-refractivity contribution is 0.101. The van der Waals surface area contributed by atoms with E-state index >= 15 is 0 Å². The van der Waals surface area contributed by atoms with Crippen LogP contribution >= 0.6 is 0 Å². The predicted molar refractivity (Wildman–Crippen MR) is 63.5 cm³/mol. The fourth-order valence-electron chi connectivity index (χ4n) is 1.65. The van der Waals surface area contributed by atoms with E-state index in [1.807, 2.05) is 31.4 Å². The fraction of sp³-hybridized carbons (Fsp3) is 0.167. The van der Waals surface area contributed by atoms with Crippen molar-refractivity contribution >= 4 is 13.6 Å².